The molecule has 0 spiro atoms. The molecule has 9 heteroatoms. The zero-order valence-electron chi connectivity index (χ0n) is 12.4. The van der Waals surface area contributed by atoms with Crippen molar-refractivity contribution in [3.63, 3.8) is 0 Å². The monoisotopic (exact) mass is 404 g/mol. The first-order chi connectivity index (χ1) is 11.6. The molecule has 0 saturated heterocycles. The standard InChI is InChI=1S/C15H13BrN6OS/c16-11-3-5-12(6-4-11)19-13(23)9-24-15-21-20-14(22(15)17)10-2-1-7-18-8-10/h1-8H,9,17H2,(H,19,23). The summed E-state index contributed by atoms with van der Waals surface area (Å²) < 4.78 is 2.31. The van der Waals surface area contributed by atoms with E-state index in [4.69, 9.17) is 5.84 Å². The minimum atomic E-state index is -0.145. The number of nitrogens with two attached hydrogens (primary N) is 1. The summed E-state index contributed by atoms with van der Waals surface area (Å²) >= 11 is 4.57. The molecule has 0 aliphatic rings. The predicted molar refractivity (Wildman–Crippen MR) is 96.9 cm³/mol. The highest BCUT2D eigenvalue weighted by Gasteiger charge is 2.13. The van der Waals surface area contributed by atoms with E-state index in [0.717, 1.165) is 15.7 Å². The van der Waals surface area contributed by atoms with Gasteiger partial charge in [-0.2, -0.15) is 0 Å². The highest BCUT2D eigenvalue weighted by Crippen LogP contribution is 2.21. The number of aromatic nitrogens is 4. The lowest BCUT2D eigenvalue weighted by atomic mass is 10.3. The van der Waals surface area contributed by atoms with Crippen LogP contribution in [0.5, 0.6) is 0 Å². The largest absolute Gasteiger partial charge is 0.335 e. The van der Waals surface area contributed by atoms with Crippen molar-refractivity contribution in [2.45, 2.75) is 5.16 Å². The Morgan fingerprint density at radius 3 is 2.75 bits per heavy atom. The van der Waals surface area contributed by atoms with Crippen molar-refractivity contribution >= 4 is 39.3 Å². The van der Waals surface area contributed by atoms with Crippen molar-refractivity contribution in [3.05, 3.63) is 53.3 Å². The number of rotatable bonds is 5. The summed E-state index contributed by atoms with van der Waals surface area (Å²) in [5, 5.41) is 11.3. The molecule has 3 aromatic rings. The molecule has 0 atom stereocenters. The van der Waals surface area contributed by atoms with E-state index < -0.39 is 0 Å². The van der Waals surface area contributed by atoms with Crippen LogP contribution in [0.25, 0.3) is 11.4 Å². The van der Waals surface area contributed by atoms with Gasteiger partial charge in [-0.25, -0.2) is 4.68 Å². The average molecular weight is 405 g/mol. The van der Waals surface area contributed by atoms with Gasteiger partial charge in [0.1, 0.15) is 0 Å². The molecule has 1 amide bonds. The molecule has 7 nitrogen and oxygen atoms in total. The van der Waals surface area contributed by atoms with Gasteiger partial charge in [0.25, 0.3) is 0 Å². The molecular formula is C15H13BrN6OS. The lowest BCUT2D eigenvalue weighted by molar-refractivity contribution is -0.113. The van der Waals surface area contributed by atoms with E-state index in [-0.39, 0.29) is 11.7 Å². The SMILES string of the molecule is Nn1c(SCC(=O)Nc2ccc(Br)cc2)nnc1-c1cccnc1. The number of amides is 1. The molecule has 2 aromatic heterocycles. The molecular weight excluding hydrogens is 392 g/mol. The van der Waals surface area contributed by atoms with Crippen molar-refractivity contribution < 1.29 is 4.79 Å². The van der Waals surface area contributed by atoms with Crippen LogP contribution >= 0.6 is 27.7 Å². The fourth-order valence-corrected chi connectivity index (χ4v) is 2.85. The number of nitrogens with one attached hydrogen (secondary N) is 1. The van der Waals surface area contributed by atoms with Crippen LogP contribution in [0, 0.1) is 0 Å². The van der Waals surface area contributed by atoms with E-state index in [1.165, 1.54) is 16.4 Å². The number of hydrogen-bond acceptors (Lipinski definition) is 6. The van der Waals surface area contributed by atoms with Crippen LogP contribution in [0.15, 0.2) is 58.4 Å². The number of carbonyl (C=O) groups is 1. The number of nitrogen functional groups attached to an aromatic ring is 1. The maximum absolute atomic E-state index is 12.0. The fourth-order valence-electron chi connectivity index (χ4n) is 1.93. The van der Waals surface area contributed by atoms with Crippen LogP contribution in [-0.4, -0.2) is 31.5 Å². The minimum Gasteiger partial charge on any atom is -0.335 e. The molecule has 3 rings (SSSR count). The smallest absolute Gasteiger partial charge is 0.234 e. The summed E-state index contributed by atoms with van der Waals surface area (Å²) in [5.74, 6) is 6.53. The summed E-state index contributed by atoms with van der Waals surface area (Å²) in [6.45, 7) is 0. The zero-order chi connectivity index (χ0) is 16.9. The molecule has 0 aliphatic carbocycles. The van der Waals surface area contributed by atoms with Crippen LogP contribution in [0.1, 0.15) is 0 Å². The van der Waals surface area contributed by atoms with Gasteiger partial charge < -0.3 is 11.2 Å². The topological polar surface area (TPSA) is 98.7 Å². The molecule has 1 aromatic carbocycles. The van der Waals surface area contributed by atoms with Crippen LogP contribution in [-0.2, 0) is 4.79 Å². The molecule has 122 valence electrons. The van der Waals surface area contributed by atoms with Gasteiger partial charge >= 0.3 is 0 Å². The highest BCUT2D eigenvalue weighted by molar-refractivity contribution is 9.10. The number of carbonyl (C=O) groups excluding carboxylic acids is 1. The highest BCUT2D eigenvalue weighted by atomic mass is 79.9. The normalized spacial score (nSPS) is 10.5. The first-order valence-electron chi connectivity index (χ1n) is 6.92. The Bertz CT molecular complexity index is 837. The molecule has 2 heterocycles. The van der Waals surface area contributed by atoms with Gasteiger partial charge in [-0.15, -0.1) is 10.2 Å². The van der Waals surface area contributed by atoms with Crippen molar-refractivity contribution in [1.29, 1.82) is 0 Å². The predicted octanol–water partition coefficient (Wildman–Crippen LogP) is 2.55. The quantitative estimate of drug-likeness (QED) is 0.500. The Morgan fingerprint density at radius 2 is 2.04 bits per heavy atom. The van der Waals surface area contributed by atoms with Gasteiger partial charge in [0.15, 0.2) is 5.82 Å². The third kappa shape index (κ3) is 3.92. The molecule has 0 saturated carbocycles. The number of benzene rings is 1. The van der Waals surface area contributed by atoms with Gasteiger partial charge in [-0.3, -0.25) is 9.78 Å². The Kier molecular flexibility index (Phi) is 5.11. The summed E-state index contributed by atoms with van der Waals surface area (Å²) in [4.78, 5) is 16.0. The molecule has 0 aliphatic heterocycles. The number of anilines is 1. The fraction of sp³-hybridized carbons (Fsp3) is 0.0667. The van der Waals surface area contributed by atoms with Gasteiger partial charge in [-0.05, 0) is 36.4 Å². The Hall–Kier alpha value is -2.39. The number of thioether (sulfide) groups is 1. The van der Waals surface area contributed by atoms with Crippen molar-refractivity contribution in [2.75, 3.05) is 16.9 Å². The second kappa shape index (κ2) is 7.45. The van der Waals surface area contributed by atoms with Crippen LogP contribution in [0.2, 0.25) is 0 Å². The van der Waals surface area contributed by atoms with E-state index in [1.54, 1.807) is 18.5 Å². The van der Waals surface area contributed by atoms with Crippen molar-refractivity contribution in [3.8, 4) is 11.4 Å². The van der Waals surface area contributed by atoms with Gasteiger partial charge in [0, 0.05) is 28.1 Å². The second-order valence-electron chi connectivity index (χ2n) is 4.76. The minimum absolute atomic E-state index is 0.145. The number of hydrogen-bond donors (Lipinski definition) is 2. The van der Waals surface area contributed by atoms with Gasteiger partial charge in [0.2, 0.25) is 11.1 Å². The molecule has 3 N–H and O–H groups in total. The van der Waals surface area contributed by atoms with E-state index in [0.29, 0.717) is 11.0 Å². The Labute approximate surface area is 150 Å². The molecule has 0 fully saturated rings. The van der Waals surface area contributed by atoms with E-state index in [9.17, 15) is 4.79 Å². The average Bonchev–Trinajstić information content (AvgIpc) is 2.97. The van der Waals surface area contributed by atoms with Crippen LogP contribution in [0.4, 0.5) is 5.69 Å². The lowest BCUT2D eigenvalue weighted by Gasteiger charge is -2.05. The zero-order valence-corrected chi connectivity index (χ0v) is 14.8. The van der Waals surface area contributed by atoms with Crippen molar-refractivity contribution in [2.24, 2.45) is 0 Å². The summed E-state index contributed by atoms with van der Waals surface area (Å²) in [5.41, 5.74) is 1.49. The summed E-state index contributed by atoms with van der Waals surface area (Å²) in [6.07, 6.45) is 3.32. The third-order valence-corrected chi connectivity index (χ3v) is 4.52. The van der Waals surface area contributed by atoms with Gasteiger partial charge in [-0.1, -0.05) is 27.7 Å². The number of halogens is 1. The third-order valence-electron chi connectivity index (χ3n) is 3.04. The van der Waals surface area contributed by atoms with E-state index >= 15 is 0 Å². The maximum Gasteiger partial charge on any atom is 0.234 e. The van der Waals surface area contributed by atoms with Crippen molar-refractivity contribution in [1.82, 2.24) is 19.9 Å². The Morgan fingerprint density at radius 1 is 1.25 bits per heavy atom. The number of pyridine rings is 1. The first kappa shape index (κ1) is 16.5. The second-order valence-corrected chi connectivity index (χ2v) is 6.62. The molecule has 0 unspecified atom stereocenters. The first-order valence-corrected chi connectivity index (χ1v) is 8.70. The van der Waals surface area contributed by atoms with Gasteiger partial charge in [0.05, 0.1) is 5.75 Å². The van der Waals surface area contributed by atoms with E-state index in [2.05, 4.69) is 36.4 Å². The van der Waals surface area contributed by atoms with Crippen LogP contribution in [0.3, 0.4) is 0 Å². The van der Waals surface area contributed by atoms with E-state index in [1.807, 2.05) is 30.3 Å². The molecule has 0 bridgehead atoms. The maximum atomic E-state index is 12.0. The molecule has 24 heavy (non-hydrogen) atoms. The summed E-state index contributed by atoms with van der Waals surface area (Å²) in [7, 11) is 0. The number of nitrogens with zero attached hydrogens (tertiary/aromatic N) is 4. The molecule has 0 radical (unpaired) electrons. The van der Waals surface area contributed by atoms with Crippen LogP contribution < -0.4 is 11.2 Å². The Balaban J connectivity index is 1.62. The lowest BCUT2D eigenvalue weighted by Crippen LogP contribution is -2.16. The summed E-state index contributed by atoms with van der Waals surface area (Å²) in [6, 6.07) is 11.0.